The summed E-state index contributed by atoms with van der Waals surface area (Å²) in [5.74, 6) is -2.60. The van der Waals surface area contributed by atoms with Gasteiger partial charge >= 0.3 is 0 Å². The van der Waals surface area contributed by atoms with Crippen molar-refractivity contribution in [3.63, 3.8) is 0 Å². The molecule has 4 nitrogen and oxygen atoms in total. The minimum atomic E-state index is -1.31. The molecule has 0 saturated heterocycles. The van der Waals surface area contributed by atoms with Crippen molar-refractivity contribution < 1.29 is 14.4 Å². The lowest BCUT2D eigenvalue weighted by atomic mass is 9.90. The number of hydrogen-bond acceptors (Lipinski definition) is 3. The second kappa shape index (κ2) is 14.3. The Hall–Kier alpha value is -2.75. The molecule has 0 aliphatic rings. The van der Waals surface area contributed by atoms with Gasteiger partial charge in [-0.05, 0) is 18.6 Å². The topological polar surface area (TPSA) is 63.2 Å². The predicted molar refractivity (Wildman–Crippen MR) is 126 cm³/mol. The Bertz CT molecular complexity index is 802. The first-order valence-corrected chi connectivity index (χ1v) is 11.6. The SMILES string of the molecule is CCCCCCCCCCCC(=O)C(C(=O)Nc1ccccc1)C(=O)c1ccccc1. The number of carbonyl (C=O) groups excluding carboxylic acids is 3. The lowest BCUT2D eigenvalue weighted by Crippen LogP contribution is -2.36. The number of rotatable bonds is 15. The zero-order valence-electron chi connectivity index (χ0n) is 18.6. The fourth-order valence-corrected chi connectivity index (χ4v) is 3.67. The summed E-state index contributed by atoms with van der Waals surface area (Å²) < 4.78 is 0. The molecule has 0 radical (unpaired) electrons. The third-order valence-corrected chi connectivity index (χ3v) is 5.47. The molecule has 1 unspecified atom stereocenters. The van der Waals surface area contributed by atoms with Crippen LogP contribution in [0.4, 0.5) is 5.69 Å². The maximum atomic E-state index is 13.0. The molecule has 0 spiro atoms. The van der Waals surface area contributed by atoms with Gasteiger partial charge in [-0.25, -0.2) is 0 Å². The van der Waals surface area contributed by atoms with Crippen LogP contribution in [0.5, 0.6) is 0 Å². The second-order valence-corrected chi connectivity index (χ2v) is 8.06. The van der Waals surface area contributed by atoms with Crippen LogP contribution < -0.4 is 5.32 Å². The Morgan fingerprint density at radius 3 is 1.81 bits per heavy atom. The van der Waals surface area contributed by atoms with E-state index in [0.717, 1.165) is 12.8 Å². The molecule has 1 amide bonds. The molecule has 2 aromatic rings. The lowest BCUT2D eigenvalue weighted by Gasteiger charge is -2.15. The van der Waals surface area contributed by atoms with Crippen LogP contribution in [0.15, 0.2) is 60.7 Å². The van der Waals surface area contributed by atoms with Crippen molar-refractivity contribution in [3.05, 3.63) is 66.2 Å². The molecule has 166 valence electrons. The van der Waals surface area contributed by atoms with Gasteiger partial charge in [0.1, 0.15) is 0 Å². The molecule has 4 heteroatoms. The van der Waals surface area contributed by atoms with Gasteiger partial charge in [0, 0.05) is 17.7 Å². The molecule has 0 aromatic heterocycles. The number of amides is 1. The first kappa shape index (κ1) is 24.5. The van der Waals surface area contributed by atoms with Gasteiger partial charge in [-0.15, -0.1) is 0 Å². The van der Waals surface area contributed by atoms with E-state index in [2.05, 4.69) is 12.2 Å². The molecule has 2 rings (SSSR count). The Kier molecular flexibility index (Phi) is 11.3. The fourth-order valence-electron chi connectivity index (χ4n) is 3.67. The summed E-state index contributed by atoms with van der Waals surface area (Å²) in [6.07, 6.45) is 10.6. The van der Waals surface area contributed by atoms with Crippen molar-refractivity contribution in [3.8, 4) is 0 Å². The maximum Gasteiger partial charge on any atom is 0.242 e. The van der Waals surface area contributed by atoms with E-state index in [1.807, 2.05) is 6.07 Å². The molecule has 1 atom stereocenters. The first-order chi connectivity index (χ1) is 15.1. The number of benzene rings is 2. The van der Waals surface area contributed by atoms with Gasteiger partial charge < -0.3 is 5.32 Å². The number of ketones is 2. The summed E-state index contributed by atoms with van der Waals surface area (Å²) in [4.78, 5) is 38.8. The van der Waals surface area contributed by atoms with Crippen molar-refractivity contribution in [2.75, 3.05) is 5.32 Å². The van der Waals surface area contributed by atoms with E-state index >= 15 is 0 Å². The fraction of sp³-hybridized carbons (Fsp3) is 0.444. The summed E-state index contributed by atoms with van der Waals surface area (Å²) >= 11 is 0. The molecule has 31 heavy (non-hydrogen) atoms. The minimum absolute atomic E-state index is 0.251. The van der Waals surface area contributed by atoms with Gasteiger partial charge in [0.15, 0.2) is 17.5 Å². The van der Waals surface area contributed by atoms with Crippen LogP contribution in [-0.2, 0) is 9.59 Å². The Labute approximate surface area is 186 Å². The van der Waals surface area contributed by atoms with Crippen LogP contribution in [0.3, 0.4) is 0 Å². The van der Waals surface area contributed by atoms with Crippen LogP contribution in [-0.4, -0.2) is 17.5 Å². The highest BCUT2D eigenvalue weighted by Gasteiger charge is 2.33. The zero-order chi connectivity index (χ0) is 22.3. The number of hydrogen-bond donors (Lipinski definition) is 1. The molecular formula is C27H35NO3. The number of carbonyl (C=O) groups is 3. The van der Waals surface area contributed by atoms with Gasteiger partial charge in [-0.3, -0.25) is 14.4 Å². The highest BCUT2D eigenvalue weighted by atomic mass is 16.2. The highest BCUT2D eigenvalue weighted by molar-refractivity contribution is 6.26. The van der Waals surface area contributed by atoms with Gasteiger partial charge in [-0.1, -0.05) is 107 Å². The minimum Gasteiger partial charge on any atom is -0.325 e. The van der Waals surface area contributed by atoms with E-state index in [1.165, 1.54) is 38.5 Å². The quantitative estimate of drug-likeness (QED) is 0.200. The lowest BCUT2D eigenvalue weighted by molar-refractivity contribution is -0.129. The van der Waals surface area contributed by atoms with E-state index in [1.54, 1.807) is 54.6 Å². The third kappa shape index (κ3) is 8.87. The van der Waals surface area contributed by atoms with Crippen molar-refractivity contribution in [2.24, 2.45) is 5.92 Å². The van der Waals surface area contributed by atoms with Crippen LogP contribution in [0.25, 0.3) is 0 Å². The number of anilines is 1. The number of Topliss-reactive ketones (excluding diaryl/α,β-unsaturated/α-hetero) is 2. The number of unbranched alkanes of at least 4 members (excludes halogenated alkanes) is 8. The molecule has 0 heterocycles. The monoisotopic (exact) mass is 421 g/mol. The van der Waals surface area contributed by atoms with Crippen molar-refractivity contribution in [2.45, 2.75) is 71.1 Å². The normalized spacial score (nSPS) is 11.6. The standard InChI is InChI=1S/C27H35NO3/c1-2-3-4-5-6-7-8-9-16-21-24(29)25(26(30)22-17-12-10-13-18-22)27(31)28-23-19-14-11-15-20-23/h10-15,17-20,25H,2-9,16,21H2,1H3,(H,28,31). The Morgan fingerprint density at radius 2 is 1.23 bits per heavy atom. The molecular weight excluding hydrogens is 386 g/mol. The van der Waals surface area contributed by atoms with Gasteiger partial charge in [0.25, 0.3) is 0 Å². The van der Waals surface area contributed by atoms with E-state index in [-0.39, 0.29) is 12.2 Å². The van der Waals surface area contributed by atoms with Crippen LogP contribution in [0, 0.1) is 5.92 Å². The summed E-state index contributed by atoms with van der Waals surface area (Å²) in [6.45, 7) is 2.22. The first-order valence-electron chi connectivity index (χ1n) is 11.6. The molecule has 0 aliphatic carbocycles. The maximum absolute atomic E-state index is 13.0. The zero-order valence-corrected chi connectivity index (χ0v) is 18.6. The average Bonchev–Trinajstić information content (AvgIpc) is 2.79. The van der Waals surface area contributed by atoms with Crippen molar-refractivity contribution in [1.82, 2.24) is 0 Å². The molecule has 0 bridgehead atoms. The second-order valence-electron chi connectivity index (χ2n) is 8.06. The average molecular weight is 422 g/mol. The third-order valence-electron chi connectivity index (χ3n) is 5.47. The van der Waals surface area contributed by atoms with Gasteiger partial charge in [-0.2, -0.15) is 0 Å². The van der Waals surface area contributed by atoms with E-state index in [4.69, 9.17) is 0 Å². The van der Waals surface area contributed by atoms with Gasteiger partial charge in [0.05, 0.1) is 0 Å². The van der Waals surface area contributed by atoms with E-state index < -0.39 is 17.6 Å². The largest absolute Gasteiger partial charge is 0.325 e. The van der Waals surface area contributed by atoms with Gasteiger partial charge in [0.2, 0.25) is 5.91 Å². The van der Waals surface area contributed by atoms with E-state index in [9.17, 15) is 14.4 Å². The number of nitrogens with one attached hydrogen (secondary N) is 1. The highest BCUT2D eigenvalue weighted by Crippen LogP contribution is 2.18. The summed E-state index contributed by atoms with van der Waals surface area (Å²) in [7, 11) is 0. The number of para-hydroxylation sites is 1. The molecule has 1 N–H and O–H groups in total. The Balaban J connectivity index is 1.91. The molecule has 0 saturated carbocycles. The summed E-state index contributed by atoms with van der Waals surface area (Å²) in [5.41, 5.74) is 0.963. The Morgan fingerprint density at radius 1 is 0.710 bits per heavy atom. The van der Waals surface area contributed by atoms with Crippen LogP contribution >= 0.6 is 0 Å². The van der Waals surface area contributed by atoms with Crippen LogP contribution in [0.2, 0.25) is 0 Å². The molecule has 0 aliphatic heterocycles. The summed E-state index contributed by atoms with van der Waals surface area (Å²) in [5, 5.41) is 2.73. The molecule has 2 aromatic carbocycles. The smallest absolute Gasteiger partial charge is 0.242 e. The predicted octanol–water partition coefficient (Wildman–Crippen LogP) is 6.61. The van der Waals surface area contributed by atoms with Crippen LogP contribution in [0.1, 0.15) is 81.5 Å². The van der Waals surface area contributed by atoms with E-state index in [0.29, 0.717) is 17.7 Å². The van der Waals surface area contributed by atoms with Crippen molar-refractivity contribution in [1.29, 1.82) is 0 Å². The summed E-state index contributed by atoms with van der Waals surface area (Å²) in [6, 6.07) is 17.5. The molecule has 0 fully saturated rings. The van der Waals surface area contributed by atoms with Crippen molar-refractivity contribution >= 4 is 23.2 Å².